The van der Waals surface area contributed by atoms with Gasteiger partial charge in [-0.05, 0) is 37.2 Å². The molecule has 1 atom stereocenters. The lowest BCUT2D eigenvalue weighted by Crippen LogP contribution is -2.40. The summed E-state index contributed by atoms with van der Waals surface area (Å²) in [6, 6.07) is 8.40. The van der Waals surface area contributed by atoms with E-state index in [9.17, 15) is 26.4 Å². The number of carbonyl (C=O) groups is 1. The first-order valence-corrected chi connectivity index (χ1v) is 13.5. The Bertz CT molecular complexity index is 1520. The summed E-state index contributed by atoms with van der Waals surface area (Å²) in [5, 5.41) is 17.1. The molecule has 0 bridgehead atoms. The molecule has 40 heavy (non-hydrogen) atoms. The zero-order valence-electron chi connectivity index (χ0n) is 20.9. The molecular weight excluding hydrogens is 559 g/mol. The van der Waals surface area contributed by atoms with Crippen molar-refractivity contribution in [1.82, 2.24) is 24.6 Å². The molecule has 2 aromatic heterocycles. The van der Waals surface area contributed by atoms with Crippen molar-refractivity contribution in [3.8, 4) is 0 Å². The Morgan fingerprint density at radius 1 is 1.18 bits per heavy atom. The number of pyridine rings is 1. The predicted molar refractivity (Wildman–Crippen MR) is 138 cm³/mol. The van der Waals surface area contributed by atoms with Crippen molar-refractivity contribution in [2.24, 2.45) is 0 Å². The van der Waals surface area contributed by atoms with Gasteiger partial charge in [-0.1, -0.05) is 6.07 Å². The quantitative estimate of drug-likeness (QED) is 0.283. The number of fused-ring (bicyclic) bond motifs is 1. The highest BCUT2D eigenvalue weighted by Gasteiger charge is 2.38. The molecule has 0 spiro atoms. The standard InChI is InChI=1S/C21H25N7O4S.C2HF3O2/c29-20-18-17(5-7-23-20)26-21(25-15-4-6-22-13-15)27-19(18)24-14-2-1-3-16(12-14)33(30,31)28-8-10-32-11-9-28;3-2(4,5)1(6)7/h1-3,5,7,12,15,22H,4,6,8-11,13H2,(H,23,29)(H2,24,25,26,27);(H,6,7)/t15-;/m1./s1. The smallest absolute Gasteiger partial charge is 0.475 e. The zero-order valence-corrected chi connectivity index (χ0v) is 21.7. The number of ether oxygens (including phenoxy) is 1. The third kappa shape index (κ3) is 7.04. The van der Waals surface area contributed by atoms with Gasteiger partial charge in [0.15, 0.2) is 0 Å². The minimum atomic E-state index is -5.08. The number of nitrogens with one attached hydrogen (secondary N) is 4. The molecular formula is C23H26F3N7O6S. The number of H-pyrrole nitrogens is 1. The molecule has 0 saturated carbocycles. The Kier molecular flexibility index (Phi) is 8.87. The maximum absolute atomic E-state index is 13.1. The molecule has 216 valence electrons. The molecule has 0 radical (unpaired) electrons. The lowest BCUT2D eigenvalue weighted by atomic mass is 10.2. The first-order valence-electron chi connectivity index (χ1n) is 12.1. The number of morpholine rings is 1. The van der Waals surface area contributed by atoms with Crippen LogP contribution in [0.3, 0.4) is 0 Å². The van der Waals surface area contributed by atoms with E-state index >= 15 is 0 Å². The van der Waals surface area contributed by atoms with E-state index in [0.29, 0.717) is 54.7 Å². The van der Waals surface area contributed by atoms with E-state index in [1.807, 2.05) is 0 Å². The third-order valence-corrected chi connectivity index (χ3v) is 7.85. The van der Waals surface area contributed by atoms with Crippen molar-refractivity contribution in [1.29, 1.82) is 0 Å². The van der Waals surface area contributed by atoms with Crippen LogP contribution in [0.2, 0.25) is 0 Å². The van der Waals surface area contributed by atoms with E-state index in [1.165, 1.54) is 10.5 Å². The summed E-state index contributed by atoms with van der Waals surface area (Å²) in [6.45, 7) is 3.10. The van der Waals surface area contributed by atoms with E-state index in [4.69, 9.17) is 14.6 Å². The molecule has 3 aromatic rings. The highest BCUT2D eigenvalue weighted by molar-refractivity contribution is 7.89. The van der Waals surface area contributed by atoms with Crippen LogP contribution >= 0.6 is 0 Å². The SMILES string of the molecule is O=C(O)C(F)(F)F.O=c1[nH]ccc2nc(N[C@@H]3CCNC3)nc(Nc3cccc(S(=O)(=O)N4CCOCC4)c3)c12. The average molecular weight is 586 g/mol. The molecule has 0 amide bonds. The van der Waals surface area contributed by atoms with Crippen LogP contribution in [0.25, 0.3) is 10.9 Å². The van der Waals surface area contributed by atoms with Crippen LogP contribution in [0.15, 0.2) is 46.2 Å². The monoisotopic (exact) mass is 585 g/mol. The Balaban J connectivity index is 0.000000470. The zero-order chi connectivity index (χ0) is 28.9. The maximum Gasteiger partial charge on any atom is 0.490 e. The average Bonchev–Trinajstić information content (AvgIpc) is 3.42. The van der Waals surface area contributed by atoms with E-state index in [-0.39, 0.29) is 16.5 Å². The van der Waals surface area contributed by atoms with Crippen LogP contribution in [0, 0.1) is 0 Å². The van der Waals surface area contributed by atoms with Gasteiger partial charge in [-0.2, -0.15) is 22.5 Å². The molecule has 0 aliphatic carbocycles. The number of anilines is 3. The summed E-state index contributed by atoms with van der Waals surface area (Å²) in [5.41, 5.74) is 0.657. The van der Waals surface area contributed by atoms with E-state index in [1.54, 1.807) is 30.3 Å². The van der Waals surface area contributed by atoms with Gasteiger partial charge >= 0.3 is 12.1 Å². The second-order valence-corrected chi connectivity index (χ2v) is 10.7. The first kappa shape index (κ1) is 29.2. The van der Waals surface area contributed by atoms with Crippen molar-refractivity contribution in [2.75, 3.05) is 50.0 Å². The van der Waals surface area contributed by atoms with Crippen LogP contribution in [0.4, 0.5) is 30.6 Å². The van der Waals surface area contributed by atoms with Gasteiger partial charge in [0, 0.05) is 37.6 Å². The predicted octanol–water partition coefficient (Wildman–Crippen LogP) is 1.49. The van der Waals surface area contributed by atoms with E-state index in [0.717, 1.165) is 19.5 Å². The third-order valence-electron chi connectivity index (χ3n) is 5.96. The topological polar surface area (TPSA) is 179 Å². The number of hydrogen-bond acceptors (Lipinski definition) is 10. The number of alkyl halides is 3. The maximum atomic E-state index is 13.1. The Morgan fingerprint density at radius 3 is 2.55 bits per heavy atom. The van der Waals surface area contributed by atoms with Crippen molar-refractivity contribution < 1.29 is 36.2 Å². The van der Waals surface area contributed by atoms with Gasteiger partial charge in [-0.25, -0.2) is 18.2 Å². The number of benzene rings is 1. The molecule has 2 aliphatic rings. The minimum Gasteiger partial charge on any atom is -0.475 e. The van der Waals surface area contributed by atoms with Crippen molar-refractivity contribution >= 4 is 44.3 Å². The molecule has 2 saturated heterocycles. The molecule has 2 fully saturated rings. The summed E-state index contributed by atoms with van der Waals surface area (Å²) in [6.07, 6.45) is -2.60. The number of carboxylic acid groups (broad SMARTS) is 1. The van der Waals surface area contributed by atoms with Crippen molar-refractivity contribution in [2.45, 2.75) is 23.5 Å². The van der Waals surface area contributed by atoms with Gasteiger partial charge in [0.1, 0.15) is 11.2 Å². The Labute approximate surface area is 225 Å². The summed E-state index contributed by atoms with van der Waals surface area (Å²) in [5.74, 6) is -2.05. The lowest BCUT2D eigenvalue weighted by Gasteiger charge is -2.26. The van der Waals surface area contributed by atoms with Gasteiger partial charge in [-0.15, -0.1) is 0 Å². The number of carboxylic acids is 1. The molecule has 17 heteroatoms. The fourth-order valence-corrected chi connectivity index (χ4v) is 5.47. The summed E-state index contributed by atoms with van der Waals surface area (Å²) >= 11 is 0. The fourth-order valence-electron chi connectivity index (χ4n) is 4.01. The van der Waals surface area contributed by atoms with Crippen molar-refractivity contribution in [3.63, 3.8) is 0 Å². The van der Waals surface area contributed by atoms with Crippen LogP contribution in [-0.4, -0.2) is 90.4 Å². The van der Waals surface area contributed by atoms with Gasteiger partial charge in [0.25, 0.3) is 5.56 Å². The molecule has 4 heterocycles. The van der Waals surface area contributed by atoms with E-state index in [2.05, 4.69) is 30.9 Å². The van der Waals surface area contributed by atoms with Crippen LogP contribution in [-0.2, 0) is 19.6 Å². The first-order chi connectivity index (χ1) is 18.9. The Hall–Kier alpha value is -3.80. The lowest BCUT2D eigenvalue weighted by molar-refractivity contribution is -0.192. The summed E-state index contributed by atoms with van der Waals surface area (Å²) in [7, 11) is -3.66. The molecule has 5 rings (SSSR count). The highest BCUT2D eigenvalue weighted by Crippen LogP contribution is 2.26. The Morgan fingerprint density at radius 2 is 1.90 bits per heavy atom. The number of aromatic nitrogens is 3. The van der Waals surface area contributed by atoms with Gasteiger partial charge in [0.05, 0.1) is 23.6 Å². The number of rotatable bonds is 6. The summed E-state index contributed by atoms with van der Waals surface area (Å²) in [4.78, 5) is 33.3. The largest absolute Gasteiger partial charge is 0.490 e. The number of nitrogens with zero attached hydrogens (tertiary/aromatic N) is 3. The number of sulfonamides is 1. The van der Waals surface area contributed by atoms with Crippen LogP contribution < -0.4 is 21.5 Å². The fraction of sp³-hybridized carbons (Fsp3) is 0.391. The van der Waals surface area contributed by atoms with Gasteiger partial charge in [0.2, 0.25) is 16.0 Å². The van der Waals surface area contributed by atoms with Crippen molar-refractivity contribution in [3.05, 3.63) is 46.9 Å². The van der Waals surface area contributed by atoms with Gasteiger partial charge in [-0.3, -0.25) is 4.79 Å². The number of aromatic amines is 1. The number of halogens is 3. The highest BCUT2D eigenvalue weighted by atomic mass is 32.2. The van der Waals surface area contributed by atoms with Gasteiger partial charge < -0.3 is 30.8 Å². The molecule has 0 unspecified atom stereocenters. The van der Waals surface area contributed by atoms with Crippen LogP contribution in [0.5, 0.6) is 0 Å². The minimum absolute atomic E-state index is 0.164. The molecule has 1 aromatic carbocycles. The van der Waals surface area contributed by atoms with E-state index < -0.39 is 22.2 Å². The molecule has 5 N–H and O–H groups in total. The second-order valence-electron chi connectivity index (χ2n) is 8.77. The number of hydrogen-bond donors (Lipinski definition) is 5. The van der Waals surface area contributed by atoms with Crippen LogP contribution in [0.1, 0.15) is 6.42 Å². The molecule has 13 nitrogen and oxygen atoms in total. The number of aliphatic carboxylic acids is 1. The molecule has 2 aliphatic heterocycles. The summed E-state index contributed by atoms with van der Waals surface area (Å²) < 4.78 is 64.5. The second kappa shape index (κ2) is 12.2. The normalized spacial score (nSPS) is 18.1.